The Kier molecular flexibility index (Phi) is 4.40. The van der Waals surface area contributed by atoms with Gasteiger partial charge < -0.3 is 10.6 Å². The minimum atomic E-state index is 0.511. The first-order valence-corrected chi connectivity index (χ1v) is 6.63. The number of hydrogen-bond donors (Lipinski definition) is 2. The van der Waals surface area contributed by atoms with E-state index < -0.39 is 0 Å². The Morgan fingerprint density at radius 3 is 3.17 bits per heavy atom. The smallest absolute Gasteiger partial charge is 0.145 e. The van der Waals surface area contributed by atoms with Gasteiger partial charge in [-0.2, -0.15) is 5.26 Å². The second-order valence-corrected chi connectivity index (χ2v) is 4.98. The van der Waals surface area contributed by atoms with Crippen molar-refractivity contribution in [2.45, 2.75) is 32.2 Å². The first kappa shape index (κ1) is 13.1. The van der Waals surface area contributed by atoms with E-state index in [1.807, 2.05) is 6.92 Å². The van der Waals surface area contributed by atoms with Gasteiger partial charge in [0.25, 0.3) is 0 Å². The number of rotatable bonds is 4. The first-order chi connectivity index (χ1) is 8.70. The van der Waals surface area contributed by atoms with Gasteiger partial charge in [0.15, 0.2) is 0 Å². The number of nitriles is 1. The van der Waals surface area contributed by atoms with E-state index >= 15 is 0 Å². The topological polar surface area (TPSA) is 60.7 Å². The van der Waals surface area contributed by atoms with Crippen LogP contribution in [-0.2, 0) is 0 Å². The summed E-state index contributed by atoms with van der Waals surface area (Å²) in [6, 6.07) is 4.35. The third-order valence-electron chi connectivity index (χ3n) is 3.23. The van der Waals surface area contributed by atoms with E-state index in [1.54, 1.807) is 6.07 Å². The number of nitrogens with one attached hydrogen (secondary N) is 2. The Hall–Kier alpha value is -1.31. The summed E-state index contributed by atoms with van der Waals surface area (Å²) >= 11 is 6.08. The van der Waals surface area contributed by atoms with E-state index in [0.29, 0.717) is 28.1 Å². The number of halogens is 1. The number of anilines is 1. The fraction of sp³-hybridized carbons (Fsp3) is 0.538. The highest BCUT2D eigenvalue weighted by molar-refractivity contribution is 6.33. The number of nitrogens with zero attached hydrogens (tertiary/aromatic N) is 2. The van der Waals surface area contributed by atoms with Gasteiger partial charge in [-0.15, -0.1) is 0 Å². The van der Waals surface area contributed by atoms with Crippen molar-refractivity contribution in [1.82, 2.24) is 10.3 Å². The van der Waals surface area contributed by atoms with Crippen molar-refractivity contribution in [1.29, 1.82) is 5.26 Å². The highest BCUT2D eigenvalue weighted by Gasteiger charge is 2.13. The molecular weight excluding hydrogens is 248 g/mol. The van der Waals surface area contributed by atoms with Crippen molar-refractivity contribution in [3.8, 4) is 6.07 Å². The average Bonchev–Trinajstić information content (AvgIpc) is 2.86. The minimum Gasteiger partial charge on any atom is -0.369 e. The maximum atomic E-state index is 8.88. The molecule has 5 heteroatoms. The summed E-state index contributed by atoms with van der Waals surface area (Å²) < 4.78 is 0. The summed E-state index contributed by atoms with van der Waals surface area (Å²) in [5.41, 5.74) is 1.24. The van der Waals surface area contributed by atoms with Gasteiger partial charge in [-0.05, 0) is 38.8 Å². The van der Waals surface area contributed by atoms with Crippen molar-refractivity contribution < 1.29 is 0 Å². The van der Waals surface area contributed by atoms with Gasteiger partial charge >= 0.3 is 0 Å². The van der Waals surface area contributed by atoms with Gasteiger partial charge in [0.1, 0.15) is 11.9 Å². The zero-order valence-corrected chi connectivity index (χ0v) is 11.2. The Labute approximate surface area is 112 Å². The van der Waals surface area contributed by atoms with Crippen LogP contribution in [0.5, 0.6) is 0 Å². The van der Waals surface area contributed by atoms with Crippen LogP contribution in [-0.4, -0.2) is 24.1 Å². The largest absolute Gasteiger partial charge is 0.369 e. The molecular formula is C13H17ClN4. The second kappa shape index (κ2) is 6.03. The van der Waals surface area contributed by atoms with Crippen molar-refractivity contribution in [2.75, 3.05) is 18.4 Å². The number of pyridine rings is 1. The van der Waals surface area contributed by atoms with E-state index in [-0.39, 0.29) is 0 Å². The van der Waals surface area contributed by atoms with E-state index in [9.17, 15) is 0 Å². The van der Waals surface area contributed by atoms with E-state index in [1.165, 1.54) is 12.8 Å². The van der Waals surface area contributed by atoms with Crippen LogP contribution in [0, 0.1) is 18.3 Å². The Balaban J connectivity index is 1.92. The van der Waals surface area contributed by atoms with Crippen LogP contribution in [0.25, 0.3) is 0 Å². The quantitative estimate of drug-likeness (QED) is 0.877. The molecule has 0 amide bonds. The molecule has 0 aromatic carbocycles. The summed E-state index contributed by atoms with van der Waals surface area (Å²) in [5.74, 6) is 0.672. The van der Waals surface area contributed by atoms with Gasteiger partial charge in [0.2, 0.25) is 0 Å². The molecule has 1 aliphatic heterocycles. The van der Waals surface area contributed by atoms with Crippen LogP contribution < -0.4 is 10.6 Å². The Morgan fingerprint density at radius 2 is 2.50 bits per heavy atom. The van der Waals surface area contributed by atoms with Gasteiger partial charge in [-0.1, -0.05) is 11.6 Å². The first-order valence-electron chi connectivity index (χ1n) is 6.25. The standard InChI is InChI=1S/C13H17ClN4/c1-9-10(8-15)7-12(14)13(18-9)17-6-4-11-3-2-5-16-11/h7,11,16H,2-6H2,1H3,(H,17,18)/t11-/m1/s1. The van der Waals surface area contributed by atoms with Crippen molar-refractivity contribution >= 4 is 17.4 Å². The van der Waals surface area contributed by atoms with E-state index in [4.69, 9.17) is 16.9 Å². The predicted molar refractivity (Wildman–Crippen MR) is 72.8 cm³/mol. The summed E-state index contributed by atoms with van der Waals surface area (Å²) in [6.45, 7) is 3.79. The molecule has 1 aromatic rings. The van der Waals surface area contributed by atoms with Crippen LogP contribution in [0.2, 0.25) is 5.02 Å². The molecule has 1 fully saturated rings. The van der Waals surface area contributed by atoms with Crippen LogP contribution in [0.15, 0.2) is 6.07 Å². The molecule has 2 N–H and O–H groups in total. The SMILES string of the molecule is Cc1nc(NCC[C@H]2CCCN2)c(Cl)cc1C#N. The maximum absolute atomic E-state index is 8.88. The number of aromatic nitrogens is 1. The van der Waals surface area contributed by atoms with Crippen LogP contribution in [0.3, 0.4) is 0 Å². The lowest BCUT2D eigenvalue weighted by atomic mass is 10.1. The van der Waals surface area contributed by atoms with Gasteiger partial charge in [-0.3, -0.25) is 0 Å². The normalized spacial score (nSPS) is 18.6. The number of hydrogen-bond acceptors (Lipinski definition) is 4. The molecule has 0 aliphatic carbocycles. The zero-order chi connectivity index (χ0) is 13.0. The van der Waals surface area contributed by atoms with Crippen molar-refractivity contribution in [3.05, 3.63) is 22.3 Å². The van der Waals surface area contributed by atoms with Crippen LogP contribution in [0.4, 0.5) is 5.82 Å². The molecule has 2 heterocycles. The minimum absolute atomic E-state index is 0.511. The predicted octanol–water partition coefficient (Wildman–Crippen LogP) is 2.47. The zero-order valence-electron chi connectivity index (χ0n) is 10.5. The molecule has 4 nitrogen and oxygen atoms in total. The molecule has 1 aromatic heterocycles. The Morgan fingerprint density at radius 1 is 1.67 bits per heavy atom. The number of aryl methyl sites for hydroxylation is 1. The molecule has 0 radical (unpaired) electrons. The van der Waals surface area contributed by atoms with Crippen LogP contribution >= 0.6 is 11.6 Å². The lowest BCUT2D eigenvalue weighted by molar-refractivity contribution is 0.574. The molecule has 0 spiro atoms. The third-order valence-corrected chi connectivity index (χ3v) is 3.52. The van der Waals surface area contributed by atoms with Crippen molar-refractivity contribution in [3.63, 3.8) is 0 Å². The van der Waals surface area contributed by atoms with Gasteiger partial charge in [-0.25, -0.2) is 4.98 Å². The summed E-state index contributed by atoms with van der Waals surface area (Å²) in [4.78, 5) is 4.32. The maximum Gasteiger partial charge on any atom is 0.145 e. The molecule has 18 heavy (non-hydrogen) atoms. The fourth-order valence-corrected chi connectivity index (χ4v) is 2.40. The van der Waals surface area contributed by atoms with Gasteiger partial charge in [0, 0.05) is 12.6 Å². The molecule has 0 bridgehead atoms. The molecule has 2 rings (SSSR count). The lowest BCUT2D eigenvalue weighted by Crippen LogP contribution is -2.24. The summed E-state index contributed by atoms with van der Waals surface area (Å²) in [6.07, 6.45) is 3.58. The average molecular weight is 265 g/mol. The second-order valence-electron chi connectivity index (χ2n) is 4.57. The van der Waals surface area contributed by atoms with Crippen molar-refractivity contribution in [2.24, 2.45) is 0 Å². The lowest BCUT2D eigenvalue weighted by Gasteiger charge is -2.12. The molecule has 1 atom stereocenters. The van der Waals surface area contributed by atoms with Crippen LogP contribution in [0.1, 0.15) is 30.5 Å². The van der Waals surface area contributed by atoms with Gasteiger partial charge in [0.05, 0.1) is 16.3 Å². The molecule has 1 saturated heterocycles. The fourth-order valence-electron chi connectivity index (χ4n) is 2.19. The molecule has 1 aliphatic rings. The summed E-state index contributed by atoms with van der Waals surface area (Å²) in [7, 11) is 0. The highest BCUT2D eigenvalue weighted by Crippen LogP contribution is 2.22. The monoisotopic (exact) mass is 264 g/mol. The van der Waals surface area contributed by atoms with E-state index in [0.717, 1.165) is 19.5 Å². The molecule has 0 unspecified atom stereocenters. The highest BCUT2D eigenvalue weighted by atomic mass is 35.5. The summed E-state index contributed by atoms with van der Waals surface area (Å²) in [5, 5.41) is 16.1. The van der Waals surface area contributed by atoms with E-state index in [2.05, 4.69) is 21.7 Å². The molecule has 96 valence electrons. The molecule has 0 saturated carbocycles. The third kappa shape index (κ3) is 3.12. The Bertz CT molecular complexity index is 461.